The summed E-state index contributed by atoms with van der Waals surface area (Å²) in [6.07, 6.45) is 1.43. The number of rotatable bonds is 5. The molecule has 1 heterocycles. The number of piperidine rings is 1. The Bertz CT molecular complexity index is 786. The van der Waals surface area contributed by atoms with Gasteiger partial charge in [-0.1, -0.05) is 23.2 Å². The molecule has 0 bridgehead atoms. The number of likely N-dealkylation sites (tertiary alicyclic amines) is 1. The summed E-state index contributed by atoms with van der Waals surface area (Å²) in [5, 5.41) is 4.18. The Morgan fingerprint density at radius 3 is 2.11 bits per heavy atom. The first kappa shape index (κ1) is 19.5. The van der Waals surface area contributed by atoms with Gasteiger partial charge in [-0.25, -0.2) is 0 Å². The van der Waals surface area contributed by atoms with Crippen LogP contribution in [0.2, 0.25) is 10.0 Å². The minimum Gasteiger partial charge on any atom is -0.484 e. The van der Waals surface area contributed by atoms with Gasteiger partial charge in [-0.15, -0.1) is 0 Å². The molecule has 0 spiro atoms. The van der Waals surface area contributed by atoms with Gasteiger partial charge in [0.15, 0.2) is 6.61 Å². The van der Waals surface area contributed by atoms with Crippen molar-refractivity contribution in [3.05, 3.63) is 64.1 Å². The molecule has 0 unspecified atom stereocenters. The minimum atomic E-state index is -0.174. The largest absolute Gasteiger partial charge is 0.484 e. The van der Waals surface area contributed by atoms with Crippen LogP contribution in [0.1, 0.15) is 23.2 Å². The molecule has 142 valence electrons. The predicted octanol–water partition coefficient (Wildman–Crippen LogP) is 3.79. The number of ether oxygens (including phenoxy) is 1. The highest BCUT2D eigenvalue weighted by Crippen LogP contribution is 2.17. The van der Waals surface area contributed by atoms with Gasteiger partial charge in [-0.05, 0) is 61.4 Å². The summed E-state index contributed by atoms with van der Waals surface area (Å²) in [5.41, 5.74) is 0.623. The standard InChI is InChI=1S/C20H20Cl2N2O3/c21-15-3-1-14(2-4-15)20(26)24-11-9-17(10-12-24)23-19(25)13-27-18-7-5-16(22)6-8-18/h1-8,17H,9-13H2,(H,23,25). The summed E-state index contributed by atoms with van der Waals surface area (Å²) >= 11 is 11.7. The Hall–Kier alpha value is -2.24. The van der Waals surface area contributed by atoms with Gasteiger partial charge in [0.05, 0.1) is 0 Å². The summed E-state index contributed by atoms with van der Waals surface area (Å²) in [6, 6.07) is 13.8. The minimum absolute atomic E-state index is 0.0116. The van der Waals surface area contributed by atoms with Crippen molar-refractivity contribution in [2.45, 2.75) is 18.9 Å². The molecule has 1 N–H and O–H groups in total. The molecule has 3 rings (SSSR count). The molecule has 0 radical (unpaired) electrons. The Morgan fingerprint density at radius 2 is 1.52 bits per heavy atom. The van der Waals surface area contributed by atoms with E-state index in [-0.39, 0.29) is 24.5 Å². The second-order valence-electron chi connectivity index (χ2n) is 6.38. The molecule has 2 aromatic carbocycles. The number of hydrogen-bond acceptors (Lipinski definition) is 3. The van der Waals surface area contributed by atoms with Gasteiger partial charge in [0.25, 0.3) is 11.8 Å². The SMILES string of the molecule is O=C(COc1ccc(Cl)cc1)NC1CCN(C(=O)c2ccc(Cl)cc2)CC1. The third kappa shape index (κ3) is 5.62. The average Bonchev–Trinajstić information content (AvgIpc) is 2.68. The molecule has 1 saturated heterocycles. The van der Waals surface area contributed by atoms with Crippen molar-refractivity contribution < 1.29 is 14.3 Å². The van der Waals surface area contributed by atoms with Crippen LogP contribution in [0.4, 0.5) is 0 Å². The third-order valence-electron chi connectivity index (χ3n) is 4.42. The van der Waals surface area contributed by atoms with Crippen LogP contribution in [0, 0.1) is 0 Å². The molecule has 1 fully saturated rings. The van der Waals surface area contributed by atoms with Gasteiger partial charge in [-0.3, -0.25) is 9.59 Å². The van der Waals surface area contributed by atoms with E-state index in [9.17, 15) is 9.59 Å². The molecule has 2 amide bonds. The van der Waals surface area contributed by atoms with E-state index >= 15 is 0 Å². The molecule has 0 aromatic heterocycles. The third-order valence-corrected chi connectivity index (χ3v) is 4.93. The number of amides is 2. The summed E-state index contributed by atoms with van der Waals surface area (Å²) < 4.78 is 5.45. The Labute approximate surface area is 168 Å². The van der Waals surface area contributed by atoms with Gasteiger partial charge in [0.1, 0.15) is 5.75 Å². The highest BCUT2D eigenvalue weighted by Gasteiger charge is 2.24. The maximum Gasteiger partial charge on any atom is 0.258 e. The summed E-state index contributed by atoms with van der Waals surface area (Å²) in [6.45, 7) is 1.15. The molecule has 5 nitrogen and oxygen atoms in total. The molecule has 27 heavy (non-hydrogen) atoms. The van der Waals surface area contributed by atoms with Crippen molar-refractivity contribution in [3.63, 3.8) is 0 Å². The van der Waals surface area contributed by atoms with Crippen LogP contribution in [0.15, 0.2) is 48.5 Å². The van der Waals surface area contributed by atoms with Crippen molar-refractivity contribution >= 4 is 35.0 Å². The number of nitrogens with one attached hydrogen (secondary N) is 1. The molecule has 0 aliphatic carbocycles. The van der Waals surface area contributed by atoms with Crippen molar-refractivity contribution in [2.24, 2.45) is 0 Å². The number of benzene rings is 2. The predicted molar refractivity (Wildman–Crippen MR) is 105 cm³/mol. The van der Waals surface area contributed by atoms with Gasteiger partial charge in [-0.2, -0.15) is 0 Å². The Balaban J connectivity index is 1.42. The van der Waals surface area contributed by atoms with E-state index in [1.807, 2.05) is 0 Å². The van der Waals surface area contributed by atoms with Crippen LogP contribution in [-0.2, 0) is 4.79 Å². The zero-order valence-corrected chi connectivity index (χ0v) is 16.2. The van der Waals surface area contributed by atoms with Crippen LogP contribution in [-0.4, -0.2) is 42.5 Å². The summed E-state index contributed by atoms with van der Waals surface area (Å²) in [5.74, 6) is 0.410. The van der Waals surface area contributed by atoms with Crippen molar-refractivity contribution in [3.8, 4) is 5.75 Å². The first-order valence-electron chi connectivity index (χ1n) is 8.74. The lowest BCUT2D eigenvalue weighted by Crippen LogP contribution is -2.47. The van der Waals surface area contributed by atoms with Crippen molar-refractivity contribution in [2.75, 3.05) is 19.7 Å². The lowest BCUT2D eigenvalue weighted by atomic mass is 10.0. The van der Waals surface area contributed by atoms with Gasteiger partial charge in [0, 0.05) is 34.7 Å². The number of halogens is 2. The molecule has 2 aromatic rings. The maximum absolute atomic E-state index is 12.5. The molecular formula is C20H20Cl2N2O3. The van der Waals surface area contributed by atoms with E-state index in [1.165, 1.54) is 0 Å². The molecule has 1 aliphatic rings. The smallest absolute Gasteiger partial charge is 0.258 e. The second kappa shape index (κ2) is 9.11. The van der Waals surface area contributed by atoms with Crippen LogP contribution in [0.25, 0.3) is 0 Å². The van der Waals surface area contributed by atoms with Crippen molar-refractivity contribution in [1.82, 2.24) is 10.2 Å². The van der Waals surface area contributed by atoms with Crippen LogP contribution in [0.5, 0.6) is 5.75 Å². The monoisotopic (exact) mass is 406 g/mol. The van der Waals surface area contributed by atoms with Gasteiger partial charge in [0.2, 0.25) is 0 Å². The molecule has 7 heteroatoms. The molecule has 1 aliphatic heterocycles. The van der Waals surface area contributed by atoms with Gasteiger partial charge < -0.3 is 15.0 Å². The average molecular weight is 407 g/mol. The van der Waals surface area contributed by atoms with E-state index in [1.54, 1.807) is 53.4 Å². The zero-order chi connectivity index (χ0) is 19.2. The molecule has 0 saturated carbocycles. The number of carbonyl (C=O) groups excluding carboxylic acids is 2. The summed E-state index contributed by atoms with van der Waals surface area (Å²) in [4.78, 5) is 26.4. The fourth-order valence-electron chi connectivity index (χ4n) is 2.95. The lowest BCUT2D eigenvalue weighted by molar-refractivity contribution is -0.124. The fraction of sp³-hybridized carbons (Fsp3) is 0.300. The highest BCUT2D eigenvalue weighted by molar-refractivity contribution is 6.30. The first-order valence-corrected chi connectivity index (χ1v) is 9.49. The zero-order valence-electron chi connectivity index (χ0n) is 14.7. The van der Waals surface area contributed by atoms with E-state index in [2.05, 4.69) is 5.32 Å². The maximum atomic E-state index is 12.5. The van der Waals surface area contributed by atoms with Crippen LogP contribution >= 0.6 is 23.2 Å². The van der Waals surface area contributed by atoms with Crippen LogP contribution in [0.3, 0.4) is 0 Å². The van der Waals surface area contributed by atoms with E-state index in [0.717, 1.165) is 0 Å². The van der Waals surface area contributed by atoms with Crippen LogP contribution < -0.4 is 10.1 Å². The number of hydrogen-bond donors (Lipinski definition) is 1. The first-order chi connectivity index (χ1) is 13.0. The topological polar surface area (TPSA) is 58.6 Å². The summed E-state index contributed by atoms with van der Waals surface area (Å²) in [7, 11) is 0. The Kier molecular flexibility index (Phi) is 6.58. The highest BCUT2D eigenvalue weighted by atomic mass is 35.5. The lowest BCUT2D eigenvalue weighted by Gasteiger charge is -2.32. The molecule has 0 atom stereocenters. The van der Waals surface area contributed by atoms with Crippen molar-refractivity contribution in [1.29, 1.82) is 0 Å². The second-order valence-corrected chi connectivity index (χ2v) is 7.26. The number of nitrogens with zero attached hydrogens (tertiary/aromatic N) is 1. The van der Waals surface area contributed by atoms with E-state index in [4.69, 9.17) is 27.9 Å². The normalized spacial score (nSPS) is 14.7. The Morgan fingerprint density at radius 1 is 0.963 bits per heavy atom. The molecular weight excluding hydrogens is 387 g/mol. The van der Waals surface area contributed by atoms with E-state index < -0.39 is 0 Å². The van der Waals surface area contributed by atoms with Gasteiger partial charge >= 0.3 is 0 Å². The fourth-order valence-corrected chi connectivity index (χ4v) is 3.20. The number of carbonyl (C=O) groups is 2. The van der Waals surface area contributed by atoms with E-state index in [0.29, 0.717) is 47.3 Å². The quantitative estimate of drug-likeness (QED) is 0.821.